The first-order valence-electron chi connectivity index (χ1n) is 7.88. The van der Waals surface area contributed by atoms with Crippen LogP contribution in [0.15, 0.2) is 54.6 Å². The van der Waals surface area contributed by atoms with Crippen LogP contribution in [0, 0.1) is 0 Å². The molecule has 2 N–H and O–H groups in total. The number of nitrogens with one attached hydrogen (secondary N) is 2. The number of halogens is 1. The lowest BCUT2D eigenvalue weighted by atomic mass is 10.0. The zero-order valence-electron chi connectivity index (χ0n) is 13.6. The number of hydrogen-bond donors (Lipinski definition) is 2. The van der Waals surface area contributed by atoms with Gasteiger partial charge in [-0.05, 0) is 29.7 Å². The Balaban J connectivity index is 1.86. The van der Waals surface area contributed by atoms with E-state index in [-0.39, 0.29) is 24.3 Å². The van der Waals surface area contributed by atoms with Crippen molar-refractivity contribution in [1.82, 2.24) is 10.6 Å². The van der Waals surface area contributed by atoms with Crippen molar-refractivity contribution < 1.29 is 9.59 Å². The second-order valence-electron chi connectivity index (χ2n) is 5.59. The summed E-state index contributed by atoms with van der Waals surface area (Å²) in [5.74, 6) is -0.246. The number of carbonyl (C=O) groups excluding carboxylic acids is 2. The minimum Gasteiger partial charge on any atom is -0.356 e. The smallest absolute Gasteiger partial charge is 0.222 e. The van der Waals surface area contributed by atoms with E-state index < -0.39 is 0 Å². The van der Waals surface area contributed by atoms with Crippen molar-refractivity contribution in [3.63, 3.8) is 0 Å². The third-order valence-corrected chi connectivity index (χ3v) is 3.87. The van der Waals surface area contributed by atoms with Crippen molar-refractivity contribution in [3.8, 4) is 0 Å². The second kappa shape index (κ2) is 9.08. The molecule has 1 atom stereocenters. The summed E-state index contributed by atoms with van der Waals surface area (Å²) in [6, 6.07) is 16.7. The average Bonchev–Trinajstić information content (AvgIpc) is 2.56. The van der Waals surface area contributed by atoms with Crippen LogP contribution in [0.2, 0.25) is 5.02 Å². The Morgan fingerprint density at radius 3 is 2.33 bits per heavy atom. The topological polar surface area (TPSA) is 58.2 Å². The molecular weight excluding hydrogens is 324 g/mol. The number of rotatable bonds is 7. The number of amides is 2. The molecule has 0 aliphatic heterocycles. The molecule has 0 heterocycles. The van der Waals surface area contributed by atoms with E-state index in [2.05, 4.69) is 10.6 Å². The first kappa shape index (κ1) is 18.0. The largest absolute Gasteiger partial charge is 0.356 e. The van der Waals surface area contributed by atoms with Crippen molar-refractivity contribution >= 4 is 23.4 Å². The highest BCUT2D eigenvalue weighted by atomic mass is 35.5. The van der Waals surface area contributed by atoms with E-state index in [0.29, 0.717) is 11.6 Å². The molecule has 0 saturated carbocycles. The van der Waals surface area contributed by atoms with E-state index in [1.807, 2.05) is 54.6 Å². The highest BCUT2D eigenvalue weighted by Crippen LogP contribution is 2.16. The summed E-state index contributed by atoms with van der Waals surface area (Å²) in [5, 5.41) is 6.42. The van der Waals surface area contributed by atoms with Crippen molar-refractivity contribution in [2.75, 3.05) is 6.54 Å². The maximum Gasteiger partial charge on any atom is 0.222 e. The van der Waals surface area contributed by atoms with E-state index in [1.165, 1.54) is 6.92 Å². The molecule has 0 bridgehead atoms. The molecule has 5 heteroatoms. The summed E-state index contributed by atoms with van der Waals surface area (Å²) in [5.41, 5.74) is 2.03. The fourth-order valence-electron chi connectivity index (χ4n) is 2.44. The van der Waals surface area contributed by atoms with Gasteiger partial charge in [-0.15, -0.1) is 0 Å². The van der Waals surface area contributed by atoms with Gasteiger partial charge in [0, 0.05) is 18.5 Å². The SMILES string of the molecule is CC(=O)N[C@H](CC(=O)NCCc1ccc(Cl)cc1)c1ccccc1. The molecule has 0 unspecified atom stereocenters. The number of carbonyl (C=O) groups is 2. The van der Waals surface area contributed by atoms with E-state index >= 15 is 0 Å². The van der Waals surface area contributed by atoms with Gasteiger partial charge >= 0.3 is 0 Å². The standard InChI is InChI=1S/C19H21ClN2O2/c1-14(23)22-18(16-5-3-2-4-6-16)13-19(24)21-12-11-15-7-9-17(20)10-8-15/h2-10,18H,11-13H2,1H3,(H,21,24)(H,22,23)/t18-/m1/s1. The molecule has 0 fully saturated rings. The van der Waals surface area contributed by atoms with Gasteiger partial charge in [-0.25, -0.2) is 0 Å². The normalized spacial score (nSPS) is 11.6. The van der Waals surface area contributed by atoms with Gasteiger partial charge in [-0.3, -0.25) is 9.59 Å². The maximum atomic E-state index is 12.2. The highest BCUT2D eigenvalue weighted by molar-refractivity contribution is 6.30. The third kappa shape index (κ3) is 6.05. The second-order valence-corrected chi connectivity index (χ2v) is 6.03. The van der Waals surface area contributed by atoms with Crippen LogP contribution in [0.1, 0.15) is 30.5 Å². The summed E-state index contributed by atoms with van der Waals surface area (Å²) < 4.78 is 0. The minimum absolute atomic E-state index is 0.0911. The monoisotopic (exact) mass is 344 g/mol. The Labute approximate surface area is 147 Å². The quantitative estimate of drug-likeness (QED) is 0.810. The molecule has 0 saturated heterocycles. The van der Waals surface area contributed by atoms with Crippen LogP contribution in [0.4, 0.5) is 0 Å². The molecule has 2 rings (SSSR count). The van der Waals surface area contributed by atoms with Gasteiger partial charge < -0.3 is 10.6 Å². The van der Waals surface area contributed by atoms with Gasteiger partial charge in [0.15, 0.2) is 0 Å². The Morgan fingerprint density at radius 1 is 1.04 bits per heavy atom. The number of benzene rings is 2. The summed E-state index contributed by atoms with van der Waals surface area (Å²) >= 11 is 5.85. The molecule has 2 aromatic carbocycles. The van der Waals surface area contributed by atoms with Crippen LogP contribution in [-0.4, -0.2) is 18.4 Å². The average molecular weight is 345 g/mol. The first-order valence-corrected chi connectivity index (χ1v) is 8.25. The Hall–Kier alpha value is -2.33. The van der Waals surface area contributed by atoms with E-state index in [0.717, 1.165) is 17.5 Å². The van der Waals surface area contributed by atoms with Gasteiger partial charge in [0.05, 0.1) is 12.5 Å². The van der Waals surface area contributed by atoms with Crippen molar-refractivity contribution in [3.05, 3.63) is 70.7 Å². The van der Waals surface area contributed by atoms with Crippen LogP contribution in [-0.2, 0) is 16.0 Å². The zero-order chi connectivity index (χ0) is 17.4. The number of hydrogen-bond acceptors (Lipinski definition) is 2. The van der Waals surface area contributed by atoms with Gasteiger partial charge in [0.25, 0.3) is 0 Å². The molecule has 0 radical (unpaired) electrons. The van der Waals surface area contributed by atoms with E-state index in [9.17, 15) is 9.59 Å². The lowest BCUT2D eigenvalue weighted by molar-refractivity contribution is -0.122. The molecule has 2 aromatic rings. The summed E-state index contributed by atoms with van der Waals surface area (Å²) in [7, 11) is 0. The Bertz CT molecular complexity index is 672. The molecule has 24 heavy (non-hydrogen) atoms. The van der Waals surface area contributed by atoms with E-state index in [1.54, 1.807) is 0 Å². The van der Waals surface area contributed by atoms with Gasteiger partial charge in [-0.2, -0.15) is 0 Å². The van der Waals surface area contributed by atoms with Crippen molar-refractivity contribution in [1.29, 1.82) is 0 Å². The highest BCUT2D eigenvalue weighted by Gasteiger charge is 2.16. The molecule has 126 valence electrons. The lowest BCUT2D eigenvalue weighted by Gasteiger charge is -2.18. The van der Waals surface area contributed by atoms with Crippen LogP contribution in [0.5, 0.6) is 0 Å². The Kier molecular flexibility index (Phi) is 6.82. The van der Waals surface area contributed by atoms with Gasteiger partial charge in [0.2, 0.25) is 11.8 Å². The fourth-order valence-corrected chi connectivity index (χ4v) is 2.56. The van der Waals surface area contributed by atoms with Crippen LogP contribution >= 0.6 is 11.6 Å². The molecular formula is C19H21ClN2O2. The molecule has 0 spiro atoms. The van der Waals surface area contributed by atoms with Crippen molar-refractivity contribution in [2.24, 2.45) is 0 Å². The summed E-state index contributed by atoms with van der Waals surface area (Å²) in [4.78, 5) is 23.6. The van der Waals surface area contributed by atoms with E-state index in [4.69, 9.17) is 11.6 Å². The maximum absolute atomic E-state index is 12.2. The van der Waals surface area contributed by atoms with Crippen LogP contribution in [0.3, 0.4) is 0 Å². The van der Waals surface area contributed by atoms with Gasteiger partial charge in [0.1, 0.15) is 0 Å². The lowest BCUT2D eigenvalue weighted by Crippen LogP contribution is -2.33. The van der Waals surface area contributed by atoms with Crippen LogP contribution in [0.25, 0.3) is 0 Å². The first-order chi connectivity index (χ1) is 11.5. The predicted octanol–water partition coefficient (Wildman–Crippen LogP) is 3.27. The molecule has 0 aliphatic carbocycles. The van der Waals surface area contributed by atoms with Gasteiger partial charge in [-0.1, -0.05) is 54.1 Å². The fraction of sp³-hybridized carbons (Fsp3) is 0.263. The Morgan fingerprint density at radius 2 is 1.71 bits per heavy atom. The summed E-state index contributed by atoms with van der Waals surface area (Å²) in [6.45, 7) is 2.00. The molecule has 0 aromatic heterocycles. The molecule has 2 amide bonds. The van der Waals surface area contributed by atoms with Crippen LogP contribution < -0.4 is 10.6 Å². The third-order valence-electron chi connectivity index (χ3n) is 3.62. The molecule has 0 aliphatic rings. The van der Waals surface area contributed by atoms with Crippen molar-refractivity contribution in [2.45, 2.75) is 25.8 Å². The zero-order valence-corrected chi connectivity index (χ0v) is 14.3. The minimum atomic E-state index is -0.320. The predicted molar refractivity (Wildman–Crippen MR) is 95.8 cm³/mol. The molecule has 4 nitrogen and oxygen atoms in total. The summed E-state index contributed by atoms with van der Waals surface area (Å²) in [6.07, 6.45) is 0.948.